The van der Waals surface area contributed by atoms with E-state index in [-0.39, 0.29) is 0 Å². The molecule has 0 spiro atoms. The maximum absolute atomic E-state index is 6.48. The third-order valence-corrected chi connectivity index (χ3v) is 27.2. The van der Waals surface area contributed by atoms with Gasteiger partial charge in [-0.05, 0) is 0 Å². The normalized spacial score (nSPS) is 13.3. The summed E-state index contributed by atoms with van der Waals surface area (Å²) >= 11 is -2.25. The molecule has 0 amide bonds. The van der Waals surface area contributed by atoms with Crippen LogP contribution in [0.3, 0.4) is 0 Å². The van der Waals surface area contributed by atoms with Gasteiger partial charge in [0.15, 0.2) is 0 Å². The van der Waals surface area contributed by atoms with Gasteiger partial charge >= 0.3 is 166 Å². The summed E-state index contributed by atoms with van der Waals surface area (Å²) in [5.74, 6) is 0. The van der Waals surface area contributed by atoms with E-state index in [1.54, 1.807) is 3.59 Å². The molecule has 0 atom stereocenters. The molecule has 1 nitrogen and oxygen atoms in total. The van der Waals surface area contributed by atoms with Gasteiger partial charge in [-0.3, -0.25) is 0 Å². The summed E-state index contributed by atoms with van der Waals surface area (Å²) in [6, 6.07) is 0. The van der Waals surface area contributed by atoms with Crippen LogP contribution in [-0.2, 0) is 4.43 Å². The van der Waals surface area contributed by atoms with E-state index in [1.165, 1.54) is 51.8 Å². The second-order valence-corrected chi connectivity index (χ2v) is 28.0. The van der Waals surface area contributed by atoms with Crippen molar-refractivity contribution >= 4 is 26.7 Å². The molecule has 0 bridgehead atoms. The Bertz CT molecular complexity index is 349. The molecule has 3 heteroatoms. The van der Waals surface area contributed by atoms with Gasteiger partial charge in [-0.25, -0.2) is 0 Å². The first-order valence-corrected chi connectivity index (χ1v) is 21.3. The van der Waals surface area contributed by atoms with E-state index in [2.05, 4.69) is 54.6 Å². The summed E-state index contributed by atoms with van der Waals surface area (Å²) in [5, 5.41) is 0.307. The van der Waals surface area contributed by atoms with E-state index in [4.69, 9.17) is 11.0 Å². The Morgan fingerprint density at radius 3 is 1.60 bits per heavy atom. The second kappa shape index (κ2) is 12.2. The standard InChI is InChI=1S/C10H21OSi.3C4H9.Sn/c1-7-8-9-11-12(5,6)10(2,3)4;3*1-3-4-2;/h1,8-9H2,2-6H3;3*1,3-4H2,2H3;. The molecule has 0 aliphatic heterocycles. The number of unbranched alkanes of at least 4 members (excludes halogenated alkanes) is 3. The molecule has 0 aromatic carbocycles. The Kier molecular flexibility index (Phi) is 12.6. The Morgan fingerprint density at radius 2 is 1.28 bits per heavy atom. The van der Waals surface area contributed by atoms with Crippen LogP contribution in [0.25, 0.3) is 0 Å². The molecule has 0 rings (SSSR count). The van der Waals surface area contributed by atoms with Crippen LogP contribution in [0.15, 0.2) is 10.2 Å². The van der Waals surface area contributed by atoms with Crippen molar-refractivity contribution in [1.29, 1.82) is 0 Å². The zero-order valence-electron chi connectivity index (χ0n) is 18.9. The molecule has 0 heterocycles. The van der Waals surface area contributed by atoms with E-state index in [9.17, 15) is 0 Å². The van der Waals surface area contributed by atoms with Gasteiger partial charge in [0, 0.05) is 0 Å². The fourth-order valence-corrected chi connectivity index (χ4v) is 20.2. The summed E-state index contributed by atoms with van der Waals surface area (Å²) in [4.78, 5) is 0. The van der Waals surface area contributed by atoms with Crippen molar-refractivity contribution < 1.29 is 4.43 Å². The van der Waals surface area contributed by atoms with E-state index < -0.39 is 26.7 Å². The molecular weight excluding hydrogens is 427 g/mol. The van der Waals surface area contributed by atoms with Gasteiger partial charge in [0.1, 0.15) is 0 Å². The number of hydrogen-bond acceptors (Lipinski definition) is 1. The minimum absolute atomic E-state index is 0.307. The van der Waals surface area contributed by atoms with Crippen LogP contribution in [0, 0.1) is 0 Å². The number of hydrogen-bond donors (Lipinski definition) is 0. The molecule has 0 aromatic rings. The van der Waals surface area contributed by atoms with Gasteiger partial charge in [0.25, 0.3) is 0 Å². The quantitative estimate of drug-likeness (QED) is 0.230. The van der Waals surface area contributed by atoms with Crippen molar-refractivity contribution in [1.82, 2.24) is 0 Å². The molecule has 150 valence electrons. The third kappa shape index (κ3) is 8.97. The van der Waals surface area contributed by atoms with Crippen LogP contribution in [0.2, 0.25) is 31.4 Å². The van der Waals surface area contributed by atoms with Gasteiger partial charge in [0.05, 0.1) is 0 Å². The Morgan fingerprint density at radius 1 is 0.880 bits per heavy atom. The molecule has 0 fully saturated rings. The summed E-state index contributed by atoms with van der Waals surface area (Å²) in [6.07, 6.45) is 9.42. The zero-order valence-corrected chi connectivity index (χ0v) is 22.7. The zero-order chi connectivity index (χ0) is 19.6. The Hall–Kier alpha value is 0.716. The van der Waals surface area contributed by atoms with Gasteiger partial charge in [-0.2, -0.15) is 0 Å². The monoisotopic (exact) mass is 476 g/mol. The maximum atomic E-state index is 6.48. The minimum atomic E-state index is -2.25. The predicted molar refractivity (Wildman–Crippen MR) is 122 cm³/mol. The van der Waals surface area contributed by atoms with Crippen LogP contribution in [0.5, 0.6) is 0 Å². The first kappa shape index (κ1) is 25.7. The van der Waals surface area contributed by atoms with Gasteiger partial charge < -0.3 is 0 Å². The first-order chi connectivity index (χ1) is 11.6. The van der Waals surface area contributed by atoms with Gasteiger partial charge in [-0.1, -0.05) is 0 Å². The van der Waals surface area contributed by atoms with Crippen LogP contribution in [0.4, 0.5) is 0 Å². The predicted octanol–water partition coefficient (Wildman–Crippen LogP) is 8.34. The Balaban J connectivity index is 4.99. The third-order valence-electron chi connectivity index (χ3n) is 6.45. The van der Waals surface area contributed by atoms with Gasteiger partial charge in [0.2, 0.25) is 0 Å². The molecule has 0 saturated carbocycles. The van der Waals surface area contributed by atoms with Crippen molar-refractivity contribution in [3.05, 3.63) is 10.2 Å². The van der Waals surface area contributed by atoms with Crippen molar-refractivity contribution in [2.75, 3.05) is 6.61 Å². The summed E-state index contributed by atoms with van der Waals surface area (Å²) in [6.45, 7) is 24.4. The fraction of sp³-hybridized carbons (Fsp3) is 0.909. The van der Waals surface area contributed by atoms with Crippen LogP contribution < -0.4 is 0 Å². The Labute approximate surface area is 165 Å². The SMILES string of the molecule is C=[C](CCO[Si](C)(C)C(C)(C)C)[Sn]([CH2]CCC)([CH2]CCC)[CH2]CCC. The molecule has 0 aliphatic carbocycles. The average molecular weight is 475 g/mol. The molecule has 0 N–H and O–H groups in total. The van der Waals surface area contributed by atoms with E-state index in [0.717, 1.165) is 13.0 Å². The van der Waals surface area contributed by atoms with E-state index >= 15 is 0 Å². The molecule has 0 radical (unpaired) electrons. The van der Waals surface area contributed by atoms with Crippen molar-refractivity contribution in [2.45, 2.75) is 118 Å². The molecule has 0 aromatic heterocycles. The molecule has 25 heavy (non-hydrogen) atoms. The number of rotatable bonds is 14. The molecule has 0 saturated heterocycles. The topological polar surface area (TPSA) is 9.23 Å². The van der Waals surface area contributed by atoms with Crippen LogP contribution in [-0.4, -0.2) is 33.3 Å². The van der Waals surface area contributed by atoms with Gasteiger partial charge in [-0.15, -0.1) is 0 Å². The first-order valence-electron chi connectivity index (χ1n) is 10.9. The van der Waals surface area contributed by atoms with Crippen LogP contribution >= 0.6 is 0 Å². The summed E-state index contributed by atoms with van der Waals surface area (Å²) in [7, 11) is -1.62. The van der Waals surface area contributed by atoms with E-state index in [0.29, 0.717) is 5.04 Å². The fourth-order valence-electron chi connectivity index (χ4n) is 3.36. The van der Waals surface area contributed by atoms with Crippen molar-refractivity contribution in [3.8, 4) is 0 Å². The van der Waals surface area contributed by atoms with Crippen molar-refractivity contribution in [2.24, 2.45) is 0 Å². The van der Waals surface area contributed by atoms with E-state index in [1.807, 2.05) is 0 Å². The average Bonchev–Trinajstić information content (AvgIpc) is 2.53. The summed E-state index contributed by atoms with van der Waals surface area (Å²) in [5.41, 5.74) is 0. The van der Waals surface area contributed by atoms with Crippen molar-refractivity contribution in [3.63, 3.8) is 0 Å². The molecular formula is C22H48OSiSn. The second-order valence-electron chi connectivity index (χ2n) is 9.55. The summed E-state index contributed by atoms with van der Waals surface area (Å²) < 4.78 is 12.8. The molecule has 0 aliphatic rings. The van der Waals surface area contributed by atoms with Crippen LogP contribution in [0.1, 0.15) is 86.5 Å². The molecule has 0 unspecified atom stereocenters.